The van der Waals surface area contributed by atoms with E-state index in [-0.39, 0.29) is 18.4 Å². The molecule has 0 saturated carbocycles. The second-order valence-electron chi connectivity index (χ2n) is 7.91. The van der Waals surface area contributed by atoms with Gasteiger partial charge in [-0.3, -0.25) is 9.59 Å². The first-order valence-electron chi connectivity index (χ1n) is 10.6. The Morgan fingerprint density at radius 2 is 1.62 bits per heavy atom. The van der Waals surface area contributed by atoms with E-state index >= 15 is 0 Å². The smallest absolute Gasteiger partial charge is 0.258 e. The first-order valence-corrected chi connectivity index (χ1v) is 10.6. The second-order valence-corrected chi connectivity index (χ2v) is 7.91. The maximum absolute atomic E-state index is 12.8. The van der Waals surface area contributed by atoms with Crippen LogP contribution in [0, 0.1) is 5.92 Å². The molecule has 3 rings (SSSR count). The predicted octanol–water partition coefficient (Wildman–Crippen LogP) is 5.05. The van der Waals surface area contributed by atoms with E-state index in [0.29, 0.717) is 23.8 Å². The molecule has 0 fully saturated rings. The third-order valence-electron chi connectivity index (χ3n) is 4.71. The van der Waals surface area contributed by atoms with E-state index < -0.39 is 0 Å². The van der Waals surface area contributed by atoms with Crippen LogP contribution >= 0.6 is 0 Å². The topological polar surface area (TPSA) is 70.7 Å². The number of rotatable bonds is 9. The van der Waals surface area contributed by atoms with Crippen molar-refractivity contribution in [3.8, 4) is 5.75 Å². The average Bonchev–Trinajstić information content (AvgIpc) is 2.81. The molecule has 0 spiro atoms. The number of ether oxygens (including phenoxy) is 1. The highest BCUT2D eigenvalue weighted by atomic mass is 16.5. The molecule has 0 saturated heterocycles. The van der Waals surface area contributed by atoms with Crippen LogP contribution in [0.25, 0.3) is 0 Å². The fraction of sp³-hybridized carbons (Fsp3) is 0.231. The molecular weight excluding hydrogens is 402 g/mol. The highest BCUT2D eigenvalue weighted by Crippen LogP contribution is 2.19. The van der Waals surface area contributed by atoms with Crippen molar-refractivity contribution >= 4 is 28.9 Å². The molecule has 0 atom stereocenters. The van der Waals surface area contributed by atoms with E-state index in [1.165, 1.54) is 0 Å². The number of benzene rings is 3. The Bertz CT molecular complexity index is 1050. The summed E-state index contributed by atoms with van der Waals surface area (Å²) in [5.41, 5.74) is 2.67. The Labute approximate surface area is 189 Å². The number of amides is 2. The largest absolute Gasteiger partial charge is 0.493 e. The van der Waals surface area contributed by atoms with Crippen molar-refractivity contribution in [3.63, 3.8) is 0 Å². The monoisotopic (exact) mass is 431 g/mol. The predicted molar refractivity (Wildman–Crippen MR) is 130 cm³/mol. The van der Waals surface area contributed by atoms with Gasteiger partial charge in [0.2, 0.25) is 5.91 Å². The highest BCUT2D eigenvalue weighted by molar-refractivity contribution is 6.06. The van der Waals surface area contributed by atoms with Crippen molar-refractivity contribution in [1.29, 1.82) is 0 Å². The number of anilines is 3. The Kier molecular flexibility index (Phi) is 7.86. The van der Waals surface area contributed by atoms with Gasteiger partial charge in [0.25, 0.3) is 5.91 Å². The van der Waals surface area contributed by atoms with Crippen molar-refractivity contribution < 1.29 is 14.3 Å². The van der Waals surface area contributed by atoms with Gasteiger partial charge in [0.05, 0.1) is 13.2 Å². The van der Waals surface area contributed by atoms with Gasteiger partial charge in [0.15, 0.2) is 0 Å². The summed E-state index contributed by atoms with van der Waals surface area (Å²) in [7, 11) is 1.73. The zero-order chi connectivity index (χ0) is 22.9. The highest BCUT2D eigenvalue weighted by Gasteiger charge is 2.14. The molecule has 166 valence electrons. The summed E-state index contributed by atoms with van der Waals surface area (Å²) in [6.07, 6.45) is 0. The number of carbonyl (C=O) groups excluding carboxylic acids is 2. The van der Waals surface area contributed by atoms with Crippen LogP contribution in [0.2, 0.25) is 0 Å². The van der Waals surface area contributed by atoms with Crippen LogP contribution in [0.15, 0.2) is 78.9 Å². The molecule has 3 aromatic rings. The van der Waals surface area contributed by atoms with E-state index in [2.05, 4.69) is 24.5 Å². The Balaban J connectivity index is 1.57. The fourth-order valence-corrected chi connectivity index (χ4v) is 3.04. The molecule has 6 heteroatoms. The van der Waals surface area contributed by atoms with Crippen molar-refractivity contribution in [2.45, 2.75) is 13.8 Å². The van der Waals surface area contributed by atoms with E-state index in [0.717, 1.165) is 17.1 Å². The Morgan fingerprint density at radius 3 is 2.38 bits per heavy atom. The van der Waals surface area contributed by atoms with Crippen molar-refractivity contribution in [1.82, 2.24) is 0 Å². The van der Waals surface area contributed by atoms with E-state index in [1.807, 2.05) is 54.6 Å². The Hall–Kier alpha value is -3.80. The SMILES string of the molecule is CC(C)COc1cccc(NCC(=O)Nc2cccc(C(=O)N(C)c3ccccc3)c2)c1. The third-order valence-corrected chi connectivity index (χ3v) is 4.71. The molecule has 2 amide bonds. The molecular formula is C26H29N3O3. The lowest BCUT2D eigenvalue weighted by Crippen LogP contribution is -2.26. The first-order chi connectivity index (χ1) is 15.4. The third kappa shape index (κ3) is 6.60. The minimum absolute atomic E-state index is 0.0930. The van der Waals surface area contributed by atoms with Crippen LogP contribution in [0.5, 0.6) is 5.75 Å². The molecule has 0 aliphatic rings. The molecule has 0 radical (unpaired) electrons. The summed E-state index contributed by atoms with van der Waals surface area (Å²) < 4.78 is 5.72. The molecule has 0 bridgehead atoms. The maximum atomic E-state index is 12.8. The van der Waals surface area contributed by atoms with Crippen molar-refractivity contribution in [2.75, 3.05) is 35.7 Å². The van der Waals surface area contributed by atoms with Crippen LogP contribution < -0.4 is 20.3 Å². The number of hydrogen-bond donors (Lipinski definition) is 2. The molecule has 0 unspecified atom stereocenters. The molecule has 3 aromatic carbocycles. The Morgan fingerprint density at radius 1 is 0.906 bits per heavy atom. The van der Waals surface area contributed by atoms with Gasteiger partial charge < -0.3 is 20.3 Å². The van der Waals surface area contributed by atoms with Crippen LogP contribution in [0.3, 0.4) is 0 Å². The van der Waals surface area contributed by atoms with Crippen molar-refractivity contribution in [3.05, 3.63) is 84.4 Å². The lowest BCUT2D eigenvalue weighted by molar-refractivity contribution is -0.114. The van der Waals surface area contributed by atoms with E-state index in [9.17, 15) is 9.59 Å². The minimum atomic E-state index is -0.209. The van der Waals surface area contributed by atoms with Crippen LogP contribution in [0.1, 0.15) is 24.2 Å². The number of carbonyl (C=O) groups is 2. The van der Waals surface area contributed by atoms with Gasteiger partial charge in [-0.25, -0.2) is 0 Å². The molecule has 6 nitrogen and oxygen atoms in total. The first kappa shape index (κ1) is 22.9. The van der Waals surface area contributed by atoms with Gasteiger partial charge in [-0.2, -0.15) is 0 Å². The summed E-state index contributed by atoms with van der Waals surface area (Å²) in [5, 5.41) is 5.94. The van der Waals surface area contributed by atoms with Gasteiger partial charge in [-0.15, -0.1) is 0 Å². The summed E-state index contributed by atoms with van der Waals surface area (Å²) >= 11 is 0. The summed E-state index contributed by atoms with van der Waals surface area (Å²) in [5.74, 6) is 0.841. The number of nitrogens with zero attached hydrogens (tertiary/aromatic N) is 1. The van der Waals surface area contributed by atoms with E-state index in [4.69, 9.17) is 4.74 Å². The zero-order valence-corrected chi connectivity index (χ0v) is 18.7. The van der Waals surface area contributed by atoms with Crippen LogP contribution in [0.4, 0.5) is 17.1 Å². The van der Waals surface area contributed by atoms with Crippen molar-refractivity contribution in [2.24, 2.45) is 5.92 Å². The van der Waals surface area contributed by atoms with Gasteiger partial charge in [-0.1, -0.05) is 44.2 Å². The standard InChI is InChI=1S/C26H29N3O3/c1-19(2)18-32-24-14-8-10-21(16-24)27-17-25(30)28-22-11-7-9-20(15-22)26(31)29(3)23-12-5-4-6-13-23/h4-16,19,27H,17-18H2,1-3H3,(H,28,30). The quantitative estimate of drug-likeness (QED) is 0.497. The molecule has 0 aliphatic carbocycles. The molecule has 32 heavy (non-hydrogen) atoms. The molecule has 0 heterocycles. The number of para-hydroxylation sites is 1. The number of nitrogens with one attached hydrogen (secondary N) is 2. The van der Waals surface area contributed by atoms with Gasteiger partial charge in [0.1, 0.15) is 5.75 Å². The normalized spacial score (nSPS) is 10.5. The second kappa shape index (κ2) is 11.0. The fourth-order valence-electron chi connectivity index (χ4n) is 3.04. The zero-order valence-electron chi connectivity index (χ0n) is 18.7. The lowest BCUT2D eigenvalue weighted by atomic mass is 10.1. The van der Waals surface area contributed by atoms with E-state index in [1.54, 1.807) is 36.2 Å². The van der Waals surface area contributed by atoms with Crippen LogP contribution in [-0.2, 0) is 4.79 Å². The summed E-state index contributed by atoms with van der Waals surface area (Å²) in [6.45, 7) is 4.91. The molecule has 2 N–H and O–H groups in total. The van der Waals surface area contributed by atoms with Gasteiger partial charge in [0, 0.05) is 35.7 Å². The summed E-state index contributed by atoms with van der Waals surface area (Å²) in [4.78, 5) is 26.8. The molecule has 0 aromatic heterocycles. The van der Waals surface area contributed by atoms with Gasteiger partial charge >= 0.3 is 0 Å². The maximum Gasteiger partial charge on any atom is 0.258 e. The minimum Gasteiger partial charge on any atom is -0.493 e. The lowest BCUT2D eigenvalue weighted by Gasteiger charge is -2.18. The molecule has 0 aliphatic heterocycles. The number of hydrogen-bond acceptors (Lipinski definition) is 4. The van der Waals surface area contributed by atoms with Crippen LogP contribution in [-0.4, -0.2) is 32.0 Å². The van der Waals surface area contributed by atoms with Gasteiger partial charge in [-0.05, 0) is 48.4 Å². The average molecular weight is 432 g/mol. The summed E-state index contributed by atoms with van der Waals surface area (Å²) in [6, 6.07) is 23.9.